The van der Waals surface area contributed by atoms with Crippen LogP contribution in [0.25, 0.3) is 0 Å². The Bertz CT molecular complexity index is 667. The van der Waals surface area contributed by atoms with Crippen LogP contribution >= 0.6 is 0 Å². The van der Waals surface area contributed by atoms with Crippen molar-refractivity contribution in [3.05, 3.63) is 0 Å². The van der Waals surface area contributed by atoms with Crippen LogP contribution in [0.2, 0.25) is 0 Å². The van der Waals surface area contributed by atoms with Crippen molar-refractivity contribution in [2.45, 2.75) is 168 Å². The van der Waals surface area contributed by atoms with Gasteiger partial charge >= 0.3 is 17.9 Å². The SMILES string of the molecule is CCCCCCCCCCCC(=O)N(C)CC(=O)O.CCCCCCCCCCCCCCCC(=O)OC(=O)CNC.N.[Na]. The van der Waals surface area contributed by atoms with E-state index in [2.05, 4.69) is 23.9 Å². The minimum atomic E-state index is -0.956. The third-order valence-electron chi connectivity index (χ3n) is 7.33. The van der Waals surface area contributed by atoms with Crippen molar-refractivity contribution in [3.8, 4) is 0 Å². The second-order valence-electron chi connectivity index (χ2n) is 11.6. The third kappa shape index (κ3) is 41.0. The number of ether oxygens (including phenoxy) is 1. The number of aliphatic carboxylic acids is 1. The number of rotatable bonds is 28. The fourth-order valence-electron chi connectivity index (χ4n) is 4.71. The van der Waals surface area contributed by atoms with Crippen LogP contribution in [0, 0.1) is 0 Å². The molecule has 0 aliphatic carbocycles. The topological polar surface area (TPSA) is 148 Å². The van der Waals surface area contributed by atoms with Crippen LogP contribution in [-0.4, -0.2) is 90.6 Å². The fourth-order valence-corrected chi connectivity index (χ4v) is 4.71. The van der Waals surface area contributed by atoms with E-state index in [0.717, 1.165) is 25.7 Å². The average molecular weight is 639 g/mol. The van der Waals surface area contributed by atoms with E-state index in [1.54, 1.807) is 14.1 Å². The summed E-state index contributed by atoms with van der Waals surface area (Å²) in [4.78, 5) is 45.7. The van der Waals surface area contributed by atoms with Gasteiger partial charge in [-0.2, -0.15) is 0 Å². The molecule has 1 radical (unpaired) electrons. The normalized spacial score (nSPS) is 10.1. The standard InChI is InChI=1S/C19H37NO3.C15H29NO3.H3N.Na/c1-3-4-5-6-7-8-9-10-11-12-13-14-15-16-18(21)23-19(22)17-20-2;1-3-4-5-6-7-8-9-10-11-12-14(17)16(2)13-15(18)19;;/h20H,3-17H2,1-2H3;3-13H2,1-2H3,(H,18,19);1H3;. The maximum absolute atomic E-state index is 11.5. The van der Waals surface area contributed by atoms with Crippen molar-refractivity contribution in [1.29, 1.82) is 0 Å². The van der Waals surface area contributed by atoms with Gasteiger partial charge in [-0.25, -0.2) is 0 Å². The number of carbonyl (C=O) groups is 4. The molecule has 0 unspecified atom stereocenters. The molecule has 0 aliphatic rings. The van der Waals surface area contributed by atoms with E-state index in [-0.39, 0.29) is 54.7 Å². The summed E-state index contributed by atoms with van der Waals surface area (Å²) in [6, 6.07) is 0. The molecule has 0 aromatic carbocycles. The number of nitrogens with zero attached hydrogens (tertiary/aromatic N) is 1. The zero-order valence-electron chi connectivity index (χ0n) is 29.5. The molecule has 0 atom stereocenters. The molecule has 0 aromatic heterocycles. The molecule has 10 heteroatoms. The molecular formula is C34H69N3NaO6. The van der Waals surface area contributed by atoms with Crippen LogP contribution in [0.1, 0.15) is 168 Å². The zero-order valence-corrected chi connectivity index (χ0v) is 31.5. The monoisotopic (exact) mass is 639 g/mol. The van der Waals surface area contributed by atoms with Gasteiger partial charge in [-0.1, -0.05) is 142 Å². The third-order valence-corrected chi connectivity index (χ3v) is 7.33. The van der Waals surface area contributed by atoms with Crippen LogP contribution in [-0.2, 0) is 23.9 Å². The summed E-state index contributed by atoms with van der Waals surface area (Å²) in [6.07, 6.45) is 28.4. The van der Waals surface area contributed by atoms with Gasteiger partial charge < -0.3 is 26.2 Å². The van der Waals surface area contributed by atoms with E-state index in [1.165, 1.54) is 120 Å². The summed E-state index contributed by atoms with van der Waals surface area (Å²) < 4.78 is 4.66. The molecule has 257 valence electrons. The van der Waals surface area contributed by atoms with Gasteiger partial charge in [-0.3, -0.25) is 19.2 Å². The Labute approximate surface area is 292 Å². The number of carbonyl (C=O) groups excluding carboxylic acids is 3. The second-order valence-corrected chi connectivity index (χ2v) is 11.6. The van der Waals surface area contributed by atoms with Gasteiger partial charge in [0.1, 0.15) is 6.54 Å². The number of carboxylic acid groups (broad SMARTS) is 1. The molecule has 1 amide bonds. The van der Waals surface area contributed by atoms with Gasteiger partial charge in [-0.15, -0.1) is 0 Å². The van der Waals surface area contributed by atoms with Gasteiger partial charge in [0.2, 0.25) is 5.91 Å². The summed E-state index contributed by atoms with van der Waals surface area (Å²) in [5.74, 6) is -1.91. The van der Waals surface area contributed by atoms with E-state index in [1.807, 2.05) is 0 Å². The first-order valence-corrected chi connectivity index (χ1v) is 17.1. The number of hydrogen-bond donors (Lipinski definition) is 3. The van der Waals surface area contributed by atoms with Gasteiger partial charge in [0.15, 0.2) is 0 Å². The number of nitrogens with one attached hydrogen (secondary N) is 1. The largest absolute Gasteiger partial charge is 0.480 e. The molecule has 0 aromatic rings. The van der Waals surface area contributed by atoms with Crippen LogP contribution in [0.15, 0.2) is 0 Å². The number of esters is 2. The number of likely N-dealkylation sites (N-methyl/N-ethyl adjacent to an activating group) is 2. The summed E-state index contributed by atoms with van der Waals surface area (Å²) in [5, 5.41) is 11.2. The second kappa shape index (κ2) is 40.0. The molecule has 0 fully saturated rings. The Hall–Kier alpha value is -1.000. The Morgan fingerprint density at radius 1 is 0.591 bits per heavy atom. The van der Waals surface area contributed by atoms with Crippen molar-refractivity contribution in [2.75, 3.05) is 27.2 Å². The molecule has 44 heavy (non-hydrogen) atoms. The molecule has 9 nitrogen and oxygen atoms in total. The molecule has 0 saturated carbocycles. The molecule has 0 spiro atoms. The first kappa shape index (κ1) is 49.9. The van der Waals surface area contributed by atoms with Crippen molar-refractivity contribution < 1.29 is 29.0 Å². The number of hydrogen-bond acceptors (Lipinski definition) is 7. The molecular weight excluding hydrogens is 569 g/mol. The van der Waals surface area contributed by atoms with Crippen molar-refractivity contribution in [1.82, 2.24) is 16.4 Å². The van der Waals surface area contributed by atoms with Gasteiger partial charge in [-0.05, 0) is 19.9 Å². The number of unbranched alkanes of at least 4 members (excludes halogenated alkanes) is 20. The Morgan fingerprint density at radius 3 is 1.27 bits per heavy atom. The predicted molar refractivity (Wildman–Crippen MR) is 183 cm³/mol. The molecule has 0 bridgehead atoms. The molecule has 0 rings (SSSR count). The maximum Gasteiger partial charge on any atom is 0.327 e. The van der Waals surface area contributed by atoms with Crippen molar-refractivity contribution in [2.24, 2.45) is 0 Å². The van der Waals surface area contributed by atoms with E-state index in [4.69, 9.17) is 5.11 Å². The van der Waals surface area contributed by atoms with Crippen LogP contribution < -0.4 is 11.5 Å². The smallest absolute Gasteiger partial charge is 0.327 e. The minimum absolute atomic E-state index is 0. The van der Waals surface area contributed by atoms with Crippen LogP contribution in [0.3, 0.4) is 0 Å². The van der Waals surface area contributed by atoms with Gasteiger partial charge in [0.05, 0.1) is 6.54 Å². The Kier molecular flexibility index (Phi) is 45.4. The maximum atomic E-state index is 11.5. The van der Waals surface area contributed by atoms with Crippen molar-refractivity contribution in [3.63, 3.8) is 0 Å². The Balaban J connectivity index is -0.000000354. The first-order chi connectivity index (χ1) is 20.3. The summed E-state index contributed by atoms with van der Waals surface area (Å²) in [7, 11) is 3.20. The number of carboxylic acids is 1. The molecule has 0 saturated heterocycles. The minimum Gasteiger partial charge on any atom is -0.480 e. The Morgan fingerprint density at radius 2 is 0.932 bits per heavy atom. The number of amides is 1. The quantitative estimate of drug-likeness (QED) is 0.0338. The van der Waals surface area contributed by atoms with Crippen LogP contribution in [0.5, 0.6) is 0 Å². The summed E-state index contributed by atoms with van der Waals surface area (Å²) in [6.45, 7) is 4.37. The zero-order chi connectivity index (χ0) is 31.7. The molecule has 0 heterocycles. The molecule has 5 N–H and O–H groups in total. The van der Waals surface area contributed by atoms with E-state index < -0.39 is 17.9 Å². The predicted octanol–water partition coefficient (Wildman–Crippen LogP) is 7.99. The van der Waals surface area contributed by atoms with Crippen LogP contribution in [0.4, 0.5) is 0 Å². The van der Waals surface area contributed by atoms with E-state index in [0.29, 0.717) is 12.8 Å². The van der Waals surface area contributed by atoms with Gasteiger partial charge in [0, 0.05) is 49.4 Å². The van der Waals surface area contributed by atoms with E-state index >= 15 is 0 Å². The molecule has 0 aliphatic heterocycles. The van der Waals surface area contributed by atoms with Gasteiger partial charge in [0.25, 0.3) is 0 Å². The first-order valence-electron chi connectivity index (χ1n) is 17.1. The summed E-state index contributed by atoms with van der Waals surface area (Å²) in [5.41, 5.74) is 0. The summed E-state index contributed by atoms with van der Waals surface area (Å²) >= 11 is 0. The fraction of sp³-hybridized carbons (Fsp3) is 0.882. The van der Waals surface area contributed by atoms with Crippen molar-refractivity contribution >= 4 is 53.4 Å². The average Bonchev–Trinajstić information content (AvgIpc) is 2.94. The van der Waals surface area contributed by atoms with E-state index in [9.17, 15) is 19.2 Å².